The van der Waals surface area contributed by atoms with Crippen LogP contribution in [0.2, 0.25) is 0 Å². The average molecular weight is 236 g/mol. The molecule has 1 aromatic heterocycles. The molecule has 0 bridgehead atoms. The molecule has 1 amide bonds. The van der Waals surface area contributed by atoms with Crippen LogP contribution >= 0.6 is 0 Å². The van der Waals surface area contributed by atoms with Crippen molar-refractivity contribution in [3.8, 4) is 12.3 Å². The van der Waals surface area contributed by atoms with Gasteiger partial charge in [-0.2, -0.15) is 0 Å². The number of terminal acetylenes is 1. The second kappa shape index (κ2) is 4.15. The maximum Gasteiger partial charge on any atom is 0.228 e. The lowest BCUT2D eigenvalue weighted by molar-refractivity contribution is -0.117. The summed E-state index contributed by atoms with van der Waals surface area (Å²) < 4.78 is 0. The fourth-order valence-corrected chi connectivity index (χ4v) is 2.39. The third-order valence-electron chi connectivity index (χ3n) is 3.31. The number of hydrogen-bond donors (Lipinski definition) is 0. The van der Waals surface area contributed by atoms with Gasteiger partial charge < -0.3 is 4.90 Å². The Morgan fingerprint density at radius 1 is 1.39 bits per heavy atom. The van der Waals surface area contributed by atoms with Crippen molar-refractivity contribution in [2.45, 2.75) is 6.42 Å². The van der Waals surface area contributed by atoms with Crippen molar-refractivity contribution in [2.24, 2.45) is 5.92 Å². The molecule has 0 radical (unpaired) electrons. The van der Waals surface area contributed by atoms with E-state index < -0.39 is 0 Å². The molecule has 2 aromatic rings. The summed E-state index contributed by atoms with van der Waals surface area (Å²) in [5.41, 5.74) is 0.928. The zero-order chi connectivity index (χ0) is 12.5. The highest BCUT2D eigenvalue weighted by Gasteiger charge is 2.30. The molecule has 18 heavy (non-hydrogen) atoms. The summed E-state index contributed by atoms with van der Waals surface area (Å²) in [4.78, 5) is 17.9. The van der Waals surface area contributed by atoms with Crippen LogP contribution in [0, 0.1) is 18.3 Å². The van der Waals surface area contributed by atoms with Gasteiger partial charge in [-0.15, -0.1) is 12.3 Å². The number of nitrogens with zero attached hydrogens (tertiary/aromatic N) is 2. The minimum absolute atomic E-state index is 0.0228. The van der Waals surface area contributed by atoms with Crippen LogP contribution in [0.4, 0.5) is 5.69 Å². The molecule has 3 rings (SSSR count). The van der Waals surface area contributed by atoms with Crippen molar-refractivity contribution in [2.75, 3.05) is 11.4 Å². The van der Waals surface area contributed by atoms with Crippen molar-refractivity contribution >= 4 is 22.4 Å². The Bertz CT molecular complexity index is 652. The van der Waals surface area contributed by atoms with Crippen LogP contribution in [0.3, 0.4) is 0 Å². The third kappa shape index (κ3) is 1.63. The van der Waals surface area contributed by atoms with Gasteiger partial charge in [0.05, 0.1) is 5.69 Å². The maximum absolute atomic E-state index is 12.0. The zero-order valence-electron chi connectivity index (χ0n) is 9.84. The minimum atomic E-state index is 0.0228. The van der Waals surface area contributed by atoms with E-state index in [4.69, 9.17) is 6.42 Å². The van der Waals surface area contributed by atoms with Gasteiger partial charge in [-0.25, -0.2) is 0 Å². The topological polar surface area (TPSA) is 33.2 Å². The van der Waals surface area contributed by atoms with E-state index in [0.29, 0.717) is 13.0 Å². The summed E-state index contributed by atoms with van der Waals surface area (Å²) in [7, 11) is 0. The lowest BCUT2D eigenvalue weighted by Crippen LogP contribution is -2.24. The molecular weight excluding hydrogens is 224 g/mol. The second-order valence-corrected chi connectivity index (χ2v) is 4.45. The molecular formula is C15H12N2O. The SMILES string of the molecule is C#CC1CC(=O)N(c2cccc3cnccc23)C1. The van der Waals surface area contributed by atoms with Gasteiger partial charge in [0.25, 0.3) is 0 Å². The van der Waals surface area contributed by atoms with Crippen LogP contribution in [-0.4, -0.2) is 17.4 Å². The number of benzene rings is 1. The van der Waals surface area contributed by atoms with E-state index in [9.17, 15) is 4.79 Å². The molecule has 0 aliphatic carbocycles. The molecule has 3 nitrogen and oxygen atoms in total. The first-order chi connectivity index (χ1) is 8.79. The molecule has 1 aromatic carbocycles. The number of hydrogen-bond acceptors (Lipinski definition) is 2. The normalized spacial score (nSPS) is 19.2. The molecule has 1 fully saturated rings. The molecule has 0 N–H and O–H groups in total. The van der Waals surface area contributed by atoms with E-state index in [1.54, 1.807) is 17.3 Å². The van der Waals surface area contributed by atoms with Gasteiger partial charge in [-0.05, 0) is 12.1 Å². The van der Waals surface area contributed by atoms with Crippen LogP contribution < -0.4 is 4.90 Å². The molecule has 1 atom stereocenters. The first-order valence-electron chi connectivity index (χ1n) is 5.89. The Morgan fingerprint density at radius 3 is 3.06 bits per heavy atom. The lowest BCUT2D eigenvalue weighted by atomic mass is 10.1. The van der Waals surface area contributed by atoms with Crippen molar-refractivity contribution in [1.82, 2.24) is 4.98 Å². The summed E-state index contributed by atoms with van der Waals surface area (Å²) in [5, 5.41) is 2.07. The Morgan fingerprint density at radius 2 is 2.28 bits per heavy atom. The van der Waals surface area contributed by atoms with Crippen molar-refractivity contribution in [1.29, 1.82) is 0 Å². The van der Waals surface area contributed by atoms with Gasteiger partial charge >= 0.3 is 0 Å². The van der Waals surface area contributed by atoms with Gasteiger partial charge in [0.15, 0.2) is 0 Å². The number of amides is 1. The van der Waals surface area contributed by atoms with Crippen molar-refractivity contribution < 1.29 is 4.79 Å². The number of pyridine rings is 1. The molecule has 0 spiro atoms. The van der Waals surface area contributed by atoms with Crippen LogP contribution in [0.25, 0.3) is 10.8 Å². The molecule has 1 saturated heterocycles. The summed E-state index contributed by atoms with van der Waals surface area (Å²) in [6.45, 7) is 0.608. The van der Waals surface area contributed by atoms with E-state index in [0.717, 1.165) is 16.5 Å². The highest BCUT2D eigenvalue weighted by molar-refractivity contribution is 6.04. The monoisotopic (exact) mass is 236 g/mol. The predicted octanol–water partition coefficient (Wildman–Crippen LogP) is 2.22. The predicted molar refractivity (Wildman–Crippen MR) is 71.0 cm³/mol. The highest BCUT2D eigenvalue weighted by atomic mass is 16.2. The number of carbonyl (C=O) groups is 1. The van der Waals surface area contributed by atoms with E-state index >= 15 is 0 Å². The van der Waals surface area contributed by atoms with Crippen LogP contribution in [-0.2, 0) is 4.79 Å². The Kier molecular flexibility index (Phi) is 2.49. The number of fused-ring (bicyclic) bond motifs is 1. The van der Waals surface area contributed by atoms with Crippen LogP contribution in [0.1, 0.15) is 6.42 Å². The number of rotatable bonds is 1. The summed E-state index contributed by atoms with van der Waals surface area (Å²) in [5.74, 6) is 2.79. The molecule has 1 aliphatic heterocycles. The smallest absolute Gasteiger partial charge is 0.228 e. The molecule has 1 aliphatic rings. The molecule has 3 heteroatoms. The summed E-state index contributed by atoms with van der Waals surface area (Å²) >= 11 is 0. The summed E-state index contributed by atoms with van der Waals surface area (Å²) in [6, 6.07) is 7.82. The quantitative estimate of drug-likeness (QED) is 0.711. The third-order valence-corrected chi connectivity index (χ3v) is 3.31. The first kappa shape index (κ1) is 10.8. The largest absolute Gasteiger partial charge is 0.311 e. The number of aromatic nitrogens is 1. The standard InChI is InChI=1S/C15H12N2O/c1-2-11-8-15(18)17(10-11)14-5-3-4-12-9-16-7-6-13(12)14/h1,3-7,9,11H,8,10H2. The van der Waals surface area contributed by atoms with Gasteiger partial charge in [-0.1, -0.05) is 12.1 Å². The Balaban J connectivity index is 2.10. The lowest BCUT2D eigenvalue weighted by Gasteiger charge is -2.18. The van der Waals surface area contributed by atoms with Crippen molar-refractivity contribution in [3.63, 3.8) is 0 Å². The molecule has 88 valence electrons. The maximum atomic E-state index is 12.0. The Hall–Kier alpha value is -2.34. The fourth-order valence-electron chi connectivity index (χ4n) is 2.39. The van der Waals surface area contributed by atoms with E-state index in [-0.39, 0.29) is 11.8 Å². The van der Waals surface area contributed by atoms with Gasteiger partial charge in [0, 0.05) is 42.0 Å². The number of anilines is 1. The molecule has 0 saturated carbocycles. The van der Waals surface area contributed by atoms with Crippen molar-refractivity contribution in [3.05, 3.63) is 36.7 Å². The van der Waals surface area contributed by atoms with Crippen LogP contribution in [0.15, 0.2) is 36.7 Å². The van der Waals surface area contributed by atoms with E-state index in [2.05, 4.69) is 10.9 Å². The minimum Gasteiger partial charge on any atom is -0.311 e. The number of carbonyl (C=O) groups excluding carboxylic acids is 1. The highest BCUT2D eigenvalue weighted by Crippen LogP contribution is 2.30. The first-order valence-corrected chi connectivity index (χ1v) is 5.89. The Labute approximate surface area is 105 Å². The van der Waals surface area contributed by atoms with Gasteiger partial charge in [0.2, 0.25) is 5.91 Å². The average Bonchev–Trinajstić information content (AvgIpc) is 2.79. The fraction of sp³-hybridized carbons (Fsp3) is 0.200. The second-order valence-electron chi connectivity index (χ2n) is 4.45. The van der Waals surface area contributed by atoms with Gasteiger partial charge in [-0.3, -0.25) is 9.78 Å². The van der Waals surface area contributed by atoms with E-state index in [1.807, 2.05) is 24.3 Å². The van der Waals surface area contributed by atoms with E-state index in [1.165, 1.54) is 0 Å². The zero-order valence-corrected chi connectivity index (χ0v) is 9.84. The summed E-state index contributed by atoms with van der Waals surface area (Å²) in [6.07, 6.45) is 9.40. The van der Waals surface area contributed by atoms with Crippen LogP contribution in [0.5, 0.6) is 0 Å². The molecule has 1 unspecified atom stereocenters. The molecule has 2 heterocycles. The van der Waals surface area contributed by atoms with Gasteiger partial charge in [0.1, 0.15) is 0 Å².